The Bertz CT molecular complexity index is 274. The molecule has 0 aromatic heterocycles. The van der Waals surface area contributed by atoms with Crippen molar-refractivity contribution in [2.24, 2.45) is 0 Å². The maximum absolute atomic E-state index is 11.3. The average Bonchev–Trinajstić information content (AvgIpc) is 2.18. The lowest BCUT2D eigenvalue weighted by Crippen LogP contribution is -2.19. The molecule has 0 atom stereocenters. The minimum absolute atomic E-state index is 0.0911. The maximum Gasteiger partial charge on any atom is 0.241 e. The number of carbonyl (C=O) groups excluding carboxylic acids is 1. The van der Waals surface area contributed by atoms with Crippen molar-refractivity contribution in [3.63, 3.8) is 0 Å². The Morgan fingerprint density at radius 1 is 1.62 bits per heavy atom. The molecule has 3 heteroatoms. The first-order chi connectivity index (χ1) is 6.25. The summed E-state index contributed by atoms with van der Waals surface area (Å²) in [5, 5.41) is 0. The van der Waals surface area contributed by atoms with Crippen LogP contribution < -0.4 is 4.42 Å². The molecule has 1 aromatic rings. The van der Waals surface area contributed by atoms with Crippen LogP contribution in [0.5, 0.6) is 0 Å². The van der Waals surface area contributed by atoms with Crippen molar-refractivity contribution in [1.29, 1.82) is 0 Å². The van der Waals surface area contributed by atoms with Gasteiger partial charge in [0.05, 0.1) is 5.69 Å². The molecule has 0 aliphatic heterocycles. The Morgan fingerprint density at radius 2 is 2.38 bits per heavy atom. The smallest absolute Gasteiger partial charge is 0.241 e. The monoisotopic (exact) mass is 196 g/mol. The lowest BCUT2D eigenvalue weighted by atomic mass is 10.3. The summed E-state index contributed by atoms with van der Waals surface area (Å²) in [6.07, 6.45) is 1.27. The number of para-hydroxylation sites is 1. The molecule has 1 aromatic carbocycles. The van der Waals surface area contributed by atoms with Crippen molar-refractivity contribution in [2.45, 2.75) is 19.8 Å². The van der Waals surface area contributed by atoms with Crippen molar-refractivity contribution in [3.05, 3.63) is 30.3 Å². The molecule has 0 aliphatic carbocycles. The molecule has 0 saturated heterocycles. The van der Waals surface area contributed by atoms with E-state index in [0.29, 0.717) is 12.1 Å². The minimum atomic E-state index is -0.0911. The van der Waals surface area contributed by atoms with Crippen LogP contribution >= 0.6 is 11.8 Å². The third-order valence-electron chi connectivity index (χ3n) is 1.59. The summed E-state index contributed by atoms with van der Waals surface area (Å²) in [6, 6.07) is 10.0. The van der Waals surface area contributed by atoms with Crippen molar-refractivity contribution in [2.75, 3.05) is 4.42 Å². The van der Waals surface area contributed by atoms with E-state index in [0.717, 1.165) is 10.8 Å². The molecule has 0 spiro atoms. The molecular weight excluding hydrogens is 186 g/mol. The van der Waals surface area contributed by atoms with Gasteiger partial charge in [-0.05, 0) is 12.5 Å². The highest BCUT2D eigenvalue weighted by Gasteiger charge is 2.11. The first kappa shape index (κ1) is 10.1. The zero-order valence-corrected chi connectivity index (χ0v) is 8.21. The first-order valence-electron chi connectivity index (χ1n) is 4.21. The van der Waals surface area contributed by atoms with Crippen LogP contribution in [0.25, 0.3) is 0 Å². The van der Waals surface area contributed by atoms with Gasteiger partial charge in [0.1, 0.15) is 0 Å². The van der Waals surface area contributed by atoms with Gasteiger partial charge in [0, 0.05) is 24.3 Å². The number of benzene rings is 1. The van der Waals surface area contributed by atoms with Crippen LogP contribution in [0, 0.1) is 6.07 Å². The Labute approximate surface area is 83.2 Å². The van der Waals surface area contributed by atoms with Gasteiger partial charge in [-0.2, -0.15) is 0 Å². The molecule has 69 valence electrons. The molecule has 0 bridgehead atoms. The maximum atomic E-state index is 11.3. The lowest BCUT2D eigenvalue weighted by Gasteiger charge is -2.12. The zero-order valence-electron chi connectivity index (χ0n) is 7.46. The second-order valence-electron chi connectivity index (χ2n) is 2.67. The van der Waals surface area contributed by atoms with E-state index < -0.39 is 0 Å². The van der Waals surface area contributed by atoms with Gasteiger partial charge in [-0.15, -0.1) is 0 Å². The van der Waals surface area contributed by atoms with Gasteiger partial charge in [0.15, 0.2) is 0 Å². The molecule has 0 unspecified atom stereocenters. The van der Waals surface area contributed by atoms with Gasteiger partial charge >= 0.3 is 0 Å². The van der Waals surface area contributed by atoms with Gasteiger partial charge < -0.3 is 0 Å². The third-order valence-corrected chi connectivity index (χ3v) is 1.96. The molecule has 1 amide bonds. The lowest BCUT2D eigenvalue weighted by molar-refractivity contribution is -0.117. The molecule has 0 N–H and O–H groups in total. The number of nitrogens with zero attached hydrogens (tertiary/aromatic N) is 1. The quantitative estimate of drug-likeness (QED) is 0.681. The van der Waals surface area contributed by atoms with Crippen LogP contribution in [0.4, 0.5) is 5.69 Å². The molecule has 13 heavy (non-hydrogen) atoms. The van der Waals surface area contributed by atoms with Crippen LogP contribution in [-0.4, -0.2) is 5.91 Å². The standard InChI is InChI=1S/C10H11ClNO/c1-2-6-10(13)12(11)9-7-4-3-5-8-9/h3-5,7H,2,6H2,1H3. The first-order valence-corrected chi connectivity index (χ1v) is 4.55. The number of hydrogen-bond acceptors (Lipinski definition) is 1. The van der Waals surface area contributed by atoms with Gasteiger partial charge in [0.25, 0.3) is 0 Å². The molecule has 0 fully saturated rings. The summed E-state index contributed by atoms with van der Waals surface area (Å²) in [7, 11) is 0. The van der Waals surface area contributed by atoms with Gasteiger partial charge in [-0.1, -0.05) is 25.1 Å². The van der Waals surface area contributed by atoms with E-state index in [9.17, 15) is 4.79 Å². The molecule has 1 radical (unpaired) electrons. The fraction of sp³-hybridized carbons (Fsp3) is 0.300. The van der Waals surface area contributed by atoms with Crippen LogP contribution in [0.1, 0.15) is 19.8 Å². The van der Waals surface area contributed by atoms with Crippen molar-refractivity contribution >= 4 is 23.4 Å². The number of anilines is 1. The van der Waals surface area contributed by atoms with E-state index in [1.807, 2.05) is 19.1 Å². The van der Waals surface area contributed by atoms with Crippen molar-refractivity contribution < 1.29 is 4.79 Å². The van der Waals surface area contributed by atoms with E-state index in [-0.39, 0.29) is 5.91 Å². The highest BCUT2D eigenvalue weighted by Crippen LogP contribution is 2.16. The molecular formula is C10H11ClNO. The summed E-state index contributed by atoms with van der Waals surface area (Å²) in [4.78, 5) is 11.3. The Morgan fingerprint density at radius 3 is 2.92 bits per heavy atom. The predicted octanol–water partition coefficient (Wildman–Crippen LogP) is 2.77. The number of hydrogen-bond donors (Lipinski definition) is 0. The number of halogens is 1. The van der Waals surface area contributed by atoms with E-state index in [1.54, 1.807) is 12.1 Å². The van der Waals surface area contributed by atoms with Gasteiger partial charge in [-0.25, -0.2) is 4.42 Å². The Hall–Kier alpha value is -1.02. The molecule has 0 heterocycles. The number of rotatable bonds is 3. The number of carbonyl (C=O) groups is 1. The third kappa shape index (κ3) is 2.74. The van der Waals surface area contributed by atoms with Gasteiger partial charge in [0.2, 0.25) is 5.91 Å². The summed E-state index contributed by atoms with van der Waals surface area (Å²) >= 11 is 5.79. The van der Waals surface area contributed by atoms with E-state index in [4.69, 9.17) is 11.8 Å². The van der Waals surface area contributed by atoms with E-state index in [2.05, 4.69) is 6.07 Å². The highest BCUT2D eigenvalue weighted by atomic mass is 35.5. The fourth-order valence-corrected chi connectivity index (χ4v) is 1.14. The highest BCUT2D eigenvalue weighted by molar-refractivity contribution is 6.36. The van der Waals surface area contributed by atoms with Crippen LogP contribution in [0.2, 0.25) is 0 Å². The summed E-state index contributed by atoms with van der Waals surface area (Å²) in [5.74, 6) is -0.0911. The van der Waals surface area contributed by atoms with Crippen molar-refractivity contribution in [3.8, 4) is 0 Å². The topological polar surface area (TPSA) is 20.3 Å². The van der Waals surface area contributed by atoms with E-state index >= 15 is 0 Å². The fourth-order valence-electron chi connectivity index (χ4n) is 0.952. The summed E-state index contributed by atoms with van der Waals surface area (Å²) in [5.41, 5.74) is 0.600. The second-order valence-corrected chi connectivity index (χ2v) is 3.01. The summed E-state index contributed by atoms with van der Waals surface area (Å²) < 4.78 is 1.11. The van der Waals surface area contributed by atoms with Gasteiger partial charge in [-0.3, -0.25) is 4.79 Å². The Balaban J connectivity index is 2.68. The molecule has 2 nitrogen and oxygen atoms in total. The summed E-state index contributed by atoms with van der Waals surface area (Å²) in [6.45, 7) is 1.94. The largest absolute Gasteiger partial charge is 0.273 e. The minimum Gasteiger partial charge on any atom is -0.273 e. The number of amides is 1. The van der Waals surface area contributed by atoms with Crippen LogP contribution in [0.3, 0.4) is 0 Å². The second kappa shape index (κ2) is 4.87. The normalized spacial score (nSPS) is 9.69. The average molecular weight is 197 g/mol. The van der Waals surface area contributed by atoms with Crippen LogP contribution in [-0.2, 0) is 4.79 Å². The molecule has 1 rings (SSSR count). The van der Waals surface area contributed by atoms with Crippen molar-refractivity contribution in [1.82, 2.24) is 0 Å². The Kier molecular flexibility index (Phi) is 3.77. The molecule has 0 saturated carbocycles. The SMILES string of the molecule is CCCC(=O)N(Cl)c1[c]cccc1. The van der Waals surface area contributed by atoms with Crippen LogP contribution in [0.15, 0.2) is 24.3 Å². The van der Waals surface area contributed by atoms with E-state index in [1.165, 1.54) is 0 Å². The predicted molar refractivity (Wildman–Crippen MR) is 53.5 cm³/mol. The zero-order chi connectivity index (χ0) is 9.68. The molecule has 0 aliphatic rings.